The number of morpholine rings is 1. The summed E-state index contributed by atoms with van der Waals surface area (Å²) >= 11 is 0. The van der Waals surface area contributed by atoms with E-state index in [1.807, 2.05) is 12.1 Å². The van der Waals surface area contributed by atoms with E-state index in [9.17, 15) is 0 Å². The summed E-state index contributed by atoms with van der Waals surface area (Å²) in [6.07, 6.45) is 3.50. The largest absolute Gasteiger partial charge is 0.497 e. The highest BCUT2D eigenvalue weighted by Gasteiger charge is 2.09. The third-order valence-corrected chi connectivity index (χ3v) is 4.27. The van der Waals surface area contributed by atoms with Crippen LogP contribution in [0.5, 0.6) is 5.75 Å². The molecule has 0 spiro atoms. The molecule has 1 aliphatic rings. The van der Waals surface area contributed by atoms with Crippen molar-refractivity contribution in [2.24, 2.45) is 0 Å². The molecule has 0 radical (unpaired) electrons. The smallest absolute Gasteiger partial charge is 0.118 e. The molecule has 124 valence electrons. The van der Waals surface area contributed by atoms with E-state index in [0.717, 1.165) is 45.0 Å². The standard InChI is InChI=1S/C18H30N2O2/c1-16(4-5-17-6-8-18(21-2)9-7-17)19-10-3-11-20-12-14-22-15-13-20/h6-9,16,19H,3-5,10-15H2,1-2H3. The van der Waals surface area contributed by atoms with Crippen LogP contribution in [0.1, 0.15) is 25.3 Å². The lowest BCUT2D eigenvalue weighted by atomic mass is 10.1. The Labute approximate surface area is 134 Å². The first-order valence-electron chi connectivity index (χ1n) is 8.44. The molecule has 22 heavy (non-hydrogen) atoms. The molecule has 4 nitrogen and oxygen atoms in total. The molecule has 1 atom stereocenters. The van der Waals surface area contributed by atoms with E-state index in [0.29, 0.717) is 6.04 Å². The SMILES string of the molecule is COc1ccc(CCC(C)NCCCN2CCOCC2)cc1. The van der Waals surface area contributed by atoms with Crippen LogP contribution in [-0.4, -0.2) is 57.4 Å². The number of nitrogens with zero attached hydrogens (tertiary/aromatic N) is 1. The molecule has 1 unspecified atom stereocenters. The maximum atomic E-state index is 5.37. The molecule has 2 rings (SSSR count). The predicted octanol–water partition coefficient (Wildman–Crippen LogP) is 2.33. The highest BCUT2D eigenvalue weighted by Crippen LogP contribution is 2.13. The van der Waals surface area contributed by atoms with E-state index in [1.165, 1.54) is 24.9 Å². The van der Waals surface area contributed by atoms with Gasteiger partial charge in [-0.15, -0.1) is 0 Å². The minimum atomic E-state index is 0.562. The average Bonchev–Trinajstić information content (AvgIpc) is 2.58. The van der Waals surface area contributed by atoms with E-state index in [2.05, 4.69) is 29.3 Å². The summed E-state index contributed by atoms with van der Waals surface area (Å²) < 4.78 is 10.6. The number of benzene rings is 1. The predicted molar refractivity (Wildman–Crippen MR) is 90.7 cm³/mol. The Morgan fingerprint density at radius 1 is 1.23 bits per heavy atom. The zero-order chi connectivity index (χ0) is 15.6. The Balaban J connectivity index is 1.54. The Hall–Kier alpha value is -1.10. The molecule has 1 N–H and O–H groups in total. The molecule has 0 saturated carbocycles. The van der Waals surface area contributed by atoms with Crippen molar-refractivity contribution in [2.75, 3.05) is 46.5 Å². The van der Waals surface area contributed by atoms with E-state index in [4.69, 9.17) is 9.47 Å². The first-order chi connectivity index (χ1) is 10.8. The molecular formula is C18H30N2O2. The fourth-order valence-corrected chi connectivity index (χ4v) is 2.75. The summed E-state index contributed by atoms with van der Waals surface area (Å²) in [5.41, 5.74) is 1.38. The van der Waals surface area contributed by atoms with Gasteiger partial charge in [-0.25, -0.2) is 0 Å². The number of hydrogen-bond acceptors (Lipinski definition) is 4. The zero-order valence-corrected chi connectivity index (χ0v) is 14.0. The van der Waals surface area contributed by atoms with Crippen molar-refractivity contribution in [3.63, 3.8) is 0 Å². The quantitative estimate of drug-likeness (QED) is 0.710. The molecule has 1 aromatic rings. The molecule has 0 aromatic heterocycles. The Morgan fingerprint density at radius 3 is 2.64 bits per heavy atom. The second kappa shape index (κ2) is 9.82. The molecule has 0 aliphatic carbocycles. The summed E-state index contributed by atoms with van der Waals surface area (Å²) in [6.45, 7) is 8.53. The van der Waals surface area contributed by atoms with Crippen molar-refractivity contribution >= 4 is 0 Å². The minimum absolute atomic E-state index is 0.562. The fourth-order valence-electron chi connectivity index (χ4n) is 2.75. The summed E-state index contributed by atoms with van der Waals surface area (Å²) in [7, 11) is 1.71. The van der Waals surface area contributed by atoms with Crippen LogP contribution in [0.4, 0.5) is 0 Å². The first kappa shape index (κ1) is 17.3. The fraction of sp³-hybridized carbons (Fsp3) is 0.667. The molecule has 0 bridgehead atoms. The molecule has 4 heteroatoms. The Bertz CT molecular complexity index is 402. The lowest BCUT2D eigenvalue weighted by Crippen LogP contribution is -2.38. The van der Waals surface area contributed by atoms with Crippen molar-refractivity contribution in [1.29, 1.82) is 0 Å². The van der Waals surface area contributed by atoms with E-state index < -0.39 is 0 Å². The molecular weight excluding hydrogens is 276 g/mol. The van der Waals surface area contributed by atoms with Gasteiger partial charge in [0.2, 0.25) is 0 Å². The average molecular weight is 306 g/mol. The Morgan fingerprint density at radius 2 is 1.95 bits per heavy atom. The van der Waals surface area contributed by atoms with Gasteiger partial charge in [0, 0.05) is 19.1 Å². The summed E-state index contributed by atoms with van der Waals surface area (Å²) in [5.74, 6) is 0.929. The third-order valence-electron chi connectivity index (χ3n) is 4.27. The maximum Gasteiger partial charge on any atom is 0.118 e. The highest BCUT2D eigenvalue weighted by atomic mass is 16.5. The van der Waals surface area contributed by atoms with Gasteiger partial charge in [0.05, 0.1) is 20.3 Å². The lowest BCUT2D eigenvalue weighted by Gasteiger charge is -2.26. The summed E-state index contributed by atoms with van der Waals surface area (Å²) in [5, 5.41) is 3.63. The number of methoxy groups -OCH3 is 1. The lowest BCUT2D eigenvalue weighted by molar-refractivity contribution is 0.0374. The number of ether oxygens (including phenoxy) is 2. The maximum absolute atomic E-state index is 5.37. The molecule has 1 aromatic carbocycles. The number of nitrogens with one attached hydrogen (secondary N) is 1. The van der Waals surface area contributed by atoms with Crippen LogP contribution in [0.3, 0.4) is 0 Å². The van der Waals surface area contributed by atoms with Gasteiger partial charge in [0.15, 0.2) is 0 Å². The van der Waals surface area contributed by atoms with Crippen LogP contribution in [0.25, 0.3) is 0 Å². The normalized spacial score (nSPS) is 17.4. The number of aryl methyl sites for hydroxylation is 1. The second-order valence-electron chi connectivity index (χ2n) is 6.05. The molecule has 1 saturated heterocycles. The first-order valence-corrected chi connectivity index (χ1v) is 8.44. The van der Waals surface area contributed by atoms with Crippen molar-refractivity contribution in [2.45, 2.75) is 32.2 Å². The van der Waals surface area contributed by atoms with Gasteiger partial charge < -0.3 is 14.8 Å². The summed E-state index contributed by atoms with van der Waals surface area (Å²) in [4.78, 5) is 2.49. The van der Waals surface area contributed by atoms with Gasteiger partial charge in [-0.2, -0.15) is 0 Å². The van der Waals surface area contributed by atoms with Gasteiger partial charge in [0.25, 0.3) is 0 Å². The molecule has 1 fully saturated rings. The highest BCUT2D eigenvalue weighted by molar-refractivity contribution is 5.27. The zero-order valence-electron chi connectivity index (χ0n) is 14.0. The van der Waals surface area contributed by atoms with Crippen molar-refractivity contribution < 1.29 is 9.47 Å². The van der Waals surface area contributed by atoms with Crippen LogP contribution in [0.2, 0.25) is 0 Å². The van der Waals surface area contributed by atoms with Crippen LogP contribution in [0.15, 0.2) is 24.3 Å². The van der Waals surface area contributed by atoms with Gasteiger partial charge in [-0.05, 0) is 57.0 Å². The van der Waals surface area contributed by atoms with Crippen LogP contribution >= 0.6 is 0 Å². The van der Waals surface area contributed by atoms with Crippen molar-refractivity contribution in [3.8, 4) is 5.75 Å². The van der Waals surface area contributed by atoms with E-state index in [-0.39, 0.29) is 0 Å². The van der Waals surface area contributed by atoms with Gasteiger partial charge in [0.1, 0.15) is 5.75 Å². The van der Waals surface area contributed by atoms with Crippen molar-refractivity contribution in [1.82, 2.24) is 10.2 Å². The van der Waals surface area contributed by atoms with Gasteiger partial charge in [-0.1, -0.05) is 12.1 Å². The second-order valence-corrected chi connectivity index (χ2v) is 6.05. The Kier molecular flexibility index (Phi) is 7.71. The van der Waals surface area contributed by atoms with Crippen LogP contribution in [-0.2, 0) is 11.2 Å². The third kappa shape index (κ3) is 6.34. The van der Waals surface area contributed by atoms with Crippen molar-refractivity contribution in [3.05, 3.63) is 29.8 Å². The van der Waals surface area contributed by atoms with E-state index in [1.54, 1.807) is 7.11 Å². The van der Waals surface area contributed by atoms with Gasteiger partial charge >= 0.3 is 0 Å². The van der Waals surface area contributed by atoms with Crippen LogP contribution < -0.4 is 10.1 Å². The number of rotatable bonds is 9. The molecule has 1 heterocycles. The monoisotopic (exact) mass is 306 g/mol. The molecule has 1 aliphatic heterocycles. The van der Waals surface area contributed by atoms with Crippen LogP contribution in [0, 0.1) is 0 Å². The molecule has 0 amide bonds. The topological polar surface area (TPSA) is 33.7 Å². The van der Waals surface area contributed by atoms with E-state index >= 15 is 0 Å². The summed E-state index contributed by atoms with van der Waals surface area (Å²) in [6, 6.07) is 8.95. The van der Waals surface area contributed by atoms with Gasteiger partial charge in [-0.3, -0.25) is 4.90 Å². The number of hydrogen-bond donors (Lipinski definition) is 1. The minimum Gasteiger partial charge on any atom is -0.497 e.